The van der Waals surface area contributed by atoms with E-state index in [9.17, 15) is 53.7 Å². The first-order chi connectivity index (χ1) is 34.5. The number of rotatable bonds is 40. The molecular weight excluding hydrogens is 977 g/mol. The van der Waals surface area contributed by atoms with Gasteiger partial charge in [-0.1, -0.05) is 138 Å². The molecule has 20 nitrogen and oxygen atoms in total. The Morgan fingerprint density at radius 3 is 1.96 bits per heavy atom. The average Bonchev–Trinajstić information content (AvgIpc) is 3.60. The molecule has 2 heterocycles. The highest BCUT2D eigenvalue weighted by Crippen LogP contribution is 2.60. The molecule has 1 aromatic rings. The van der Waals surface area contributed by atoms with Crippen molar-refractivity contribution in [2.75, 3.05) is 25.6 Å². The minimum absolute atomic E-state index is 0.0189. The SMILES string of the molecule is CCCCC/C=C\C/C=C\CCCCCCCC(=O)O[C@H](COC(=O)CCC[C@@H](O)/C=C/C=C\C/C=C\C=C\[C@@H](O)CCCCC)COP(=O)(O)OP(=O)(O)OC[C@H]1O[C@@H](n2ccc(N)nc2=O)[C@H](O)[C@@H]1O. The predicted octanol–water partition coefficient (Wildman–Crippen LogP) is 8.05. The van der Waals surface area contributed by atoms with Crippen LogP contribution >= 0.6 is 15.6 Å². The maximum absolute atomic E-state index is 12.9. The molecule has 408 valence electrons. The molecule has 1 saturated heterocycles. The van der Waals surface area contributed by atoms with Crippen LogP contribution in [0, 0.1) is 0 Å². The van der Waals surface area contributed by atoms with Gasteiger partial charge in [-0.15, -0.1) is 0 Å². The molecule has 8 N–H and O–H groups in total. The zero-order valence-electron chi connectivity index (χ0n) is 41.9. The molecule has 0 bridgehead atoms. The lowest BCUT2D eigenvalue weighted by Gasteiger charge is -2.21. The van der Waals surface area contributed by atoms with Crippen molar-refractivity contribution in [1.82, 2.24) is 9.55 Å². The first kappa shape index (κ1) is 64.2. The van der Waals surface area contributed by atoms with Gasteiger partial charge in [0, 0.05) is 19.0 Å². The number of allylic oxidation sites excluding steroid dienone is 10. The number of hydrogen-bond acceptors (Lipinski definition) is 17. The van der Waals surface area contributed by atoms with Crippen molar-refractivity contribution in [2.45, 2.75) is 185 Å². The van der Waals surface area contributed by atoms with E-state index in [1.165, 1.54) is 25.3 Å². The van der Waals surface area contributed by atoms with Gasteiger partial charge in [-0.25, -0.2) is 13.9 Å². The summed E-state index contributed by atoms with van der Waals surface area (Å²) in [5.41, 5.74) is 4.56. The van der Waals surface area contributed by atoms with Crippen molar-refractivity contribution in [1.29, 1.82) is 0 Å². The Labute approximate surface area is 424 Å². The van der Waals surface area contributed by atoms with Crippen LogP contribution in [0.15, 0.2) is 90.0 Å². The number of carbonyl (C=O) groups is 2. The molecule has 0 amide bonds. The summed E-state index contributed by atoms with van der Waals surface area (Å²) in [4.78, 5) is 61.9. The number of aliphatic hydroxyl groups excluding tert-OH is 4. The molecule has 0 radical (unpaired) electrons. The lowest BCUT2D eigenvalue weighted by atomic mass is 10.1. The van der Waals surface area contributed by atoms with E-state index in [-0.39, 0.29) is 31.5 Å². The predicted molar refractivity (Wildman–Crippen MR) is 273 cm³/mol. The number of esters is 2. The molecule has 2 rings (SSSR count). The number of aliphatic hydroxyl groups is 4. The van der Waals surface area contributed by atoms with Gasteiger partial charge in [0.05, 0.1) is 25.4 Å². The maximum Gasteiger partial charge on any atom is 0.481 e. The van der Waals surface area contributed by atoms with Crippen molar-refractivity contribution >= 4 is 33.4 Å². The van der Waals surface area contributed by atoms with Crippen molar-refractivity contribution in [2.24, 2.45) is 0 Å². The van der Waals surface area contributed by atoms with Gasteiger partial charge in [-0.05, 0) is 70.3 Å². The van der Waals surface area contributed by atoms with Gasteiger partial charge in [-0.2, -0.15) is 9.29 Å². The molecule has 22 heteroatoms. The van der Waals surface area contributed by atoms with Gasteiger partial charge in [0.25, 0.3) is 0 Å². The molecule has 0 saturated carbocycles. The Bertz CT molecular complexity index is 2030. The second-order valence-electron chi connectivity index (χ2n) is 17.4. The number of hydrogen-bond donors (Lipinski definition) is 7. The molecule has 2 unspecified atom stereocenters. The van der Waals surface area contributed by atoms with Crippen LogP contribution < -0.4 is 11.4 Å². The number of nitrogen functional groups attached to an aromatic ring is 1. The minimum atomic E-state index is -5.48. The van der Waals surface area contributed by atoms with Gasteiger partial charge in [0.2, 0.25) is 0 Å². The molecule has 1 aliphatic rings. The van der Waals surface area contributed by atoms with Crippen LogP contribution in [0.4, 0.5) is 5.82 Å². The number of unbranched alkanes of at least 4 members (excludes halogenated alkanes) is 10. The van der Waals surface area contributed by atoms with E-state index in [0.29, 0.717) is 12.8 Å². The molecule has 1 fully saturated rings. The van der Waals surface area contributed by atoms with E-state index in [0.717, 1.165) is 81.4 Å². The largest absolute Gasteiger partial charge is 0.481 e. The van der Waals surface area contributed by atoms with E-state index in [1.807, 2.05) is 24.3 Å². The standard InChI is InChI=1S/C50H81N3O17P2/c1-3-5-7-8-9-10-11-12-13-14-15-16-20-23-27-33-46(57)68-42(37-65-45(56)34-28-32-41(55)31-26-22-19-17-18-21-25-30-40(54)29-24-6-4-2)38-66-71(61,62)70-72(63,64)67-39-43-47(58)48(59)49(69-43)53-36-35-44(51)52-50(53)60/h9-10,12-13,18-19,21-22,25-26,30-31,35-36,40-43,47-49,54-55,58-59H,3-8,11,14-17,20,23-24,27-29,32-34,37-39H2,1-2H3,(H,61,62)(H,63,64)(H2,51,52,60)/b10-9-,13-12-,21-18-,22-19-,30-25+,31-26+/t40-,41-,42+,43+,47+,48+,49+/m0/s1. The molecule has 72 heavy (non-hydrogen) atoms. The maximum atomic E-state index is 12.9. The van der Waals surface area contributed by atoms with Gasteiger partial charge >= 0.3 is 33.3 Å². The van der Waals surface area contributed by atoms with Gasteiger partial charge < -0.3 is 50.2 Å². The van der Waals surface area contributed by atoms with Crippen molar-refractivity contribution in [3.8, 4) is 0 Å². The zero-order chi connectivity index (χ0) is 53.0. The second kappa shape index (κ2) is 37.8. The lowest BCUT2D eigenvalue weighted by Crippen LogP contribution is -2.36. The molecule has 0 aliphatic carbocycles. The van der Waals surface area contributed by atoms with E-state index < -0.39 is 95.9 Å². The normalized spacial score (nSPS) is 20.6. The first-order valence-electron chi connectivity index (χ1n) is 25.2. The molecule has 1 aromatic heterocycles. The summed E-state index contributed by atoms with van der Waals surface area (Å²) in [6.07, 6.45) is 30.5. The third-order valence-corrected chi connectivity index (χ3v) is 13.6. The second-order valence-corrected chi connectivity index (χ2v) is 20.4. The van der Waals surface area contributed by atoms with Crippen molar-refractivity contribution in [3.63, 3.8) is 0 Å². The Balaban J connectivity index is 1.88. The zero-order valence-corrected chi connectivity index (χ0v) is 43.7. The fourth-order valence-corrected chi connectivity index (χ4v) is 9.08. The molecule has 1 aliphatic heterocycles. The summed E-state index contributed by atoms with van der Waals surface area (Å²) < 4.78 is 56.5. The summed E-state index contributed by atoms with van der Waals surface area (Å²) in [7, 11) is -11.0. The first-order valence-corrected chi connectivity index (χ1v) is 28.2. The van der Waals surface area contributed by atoms with Crippen LogP contribution in [0.25, 0.3) is 0 Å². The Kier molecular flexibility index (Phi) is 33.7. The van der Waals surface area contributed by atoms with E-state index in [2.05, 4.69) is 47.4 Å². The number of nitrogens with zero attached hydrogens (tertiary/aromatic N) is 2. The molecular formula is C50H81N3O17P2. The highest BCUT2D eigenvalue weighted by atomic mass is 31.3. The number of carbonyl (C=O) groups excluding carboxylic acids is 2. The van der Waals surface area contributed by atoms with Gasteiger partial charge in [0.1, 0.15) is 30.7 Å². The lowest BCUT2D eigenvalue weighted by molar-refractivity contribution is -0.161. The fourth-order valence-electron chi connectivity index (χ4n) is 6.97. The number of nitrogens with two attached hydrogens (primary N) is 1. The van der Waals surface area contributed by atoms with Crippen LogP contribution in [-0.2, 0) is 46.3 Å². The number of phosphoric ester groups is 2. The molecule has 9 atom stereocenters. The Morgan fingerprint density at radius 1 is 0.736 bits per heavy atom. The third-order valence-electron chi connectivity index (χ3n) is 11.0. The number of phosphoric acid groups is 2. The minimum Gasteiger partial charge on any atom is -0.462 e. The smallest absolute Gasteiger partial charge is 0.462 e. The summed E-state index contributed by atoms with van der Waals surface area (Å²) >= 11 is 0. The van der Waals surface area contributed by atoms with Crippen LogP contribution in [0.1, 0.15) is 148 Å². The number of aromatic nitrogens is 2. The number of anilines is 1. The van der Waals surface area contributed by atoms with Crippen LogP contribution in [-0.4, -0.2) is 108 Å². The highest BCUT2D eigenvalue weighted by Gasteiger charge is 2.46. The quantitative estimate of drug-likeness (QED) is 0.0107. The highest BCUT2D eigenvalue weighted by molar-refractivity contribution is 7.61. The topological polar surface area (TPSA) is 306 Å². The van der Waals surface area contributed by atoms with Gasteiger partial charge in [-0.3, -0.25) is 23.2 Å². The summed E-state index contributed by atoms with van der Waals surface area (Å²) in [6, 6.07) is 1.23. The third kappa shape index (κ3) is 30.3. The Hall–Kier alpha value is -3.88. The molecule has 0 spiro atoms. The monoisotopic (exact) mass is 1060 g/mol. The fraction of sp³-hybridized carbons (Fsp3) is 0.640. The summed E-state index contributed by atoms with van der Waals surface area (Å²) in [5.74, 6) is -1.56. The summed E-state index contributed by atoms with van der Waals surface area (Å²) in [6.45, 7) is 1.78. The Morgan fingerprint density at radius 2 is 1.31 bits per heavy atom. The van der Waals surface area contributed by atoms with E-state index in [4.69, 9.17) is 29.0 Å². The average molecular weight is 1060 g/mol. The van der Waals surface area contributed by atoms with Crippen molar-refractivity contribution in [3.05, 3.63) is 95.7 Å². The van der Waals surface area contributed by atoms with Gasteiger partial charge in [0.15, 0.2) is 12.3 Å². The molecule has 0 aromatic carbocycles. The van der Waals surface area contributed by atoms with Crippen molar-refractivity contribution < 1.29 is 76.5 Å². The summed E-state index contributed by atoms with van der Waals surface area (Å²) in [5, 5.41) is 41.2. The van der Waals surface area contributed by atoms with E-state index >= 15 is 0 Å². The van der Waals surface area contributed by atoms with Crippen LogP contribution in [0.2, 0.25) is 0 Å². The van der Waals surface area contributed by atoms with Crippen LogP contribution in [0.3, 0.4) is 0 Å². The number of ether oxygens (including phenoxy) is 3. The van der Waals surface area contributed by atoms with E-state index in [1.54, 1.807) is 24.3 Å². The van der Waals surface area contributed by atoms with Crippen LogP contribution in [0.5, 0.6) is 0 Å².